The fourth-order valence-electron chi connectivity index (χ4n) is 3.89. The van der Waals surface area contributed by atoms with Crippen molar-refractivity contribution in [3.63, 3.8) is 0 Å². The number of hydrogen-bond donors (Lipinski definition) is 2. The molecular formula is C20H23F2N5O2S. The standard InChI is InChI=1S/C20H23F2N5O2S/c1-23-25-18(10-28)27-7-5-12(6-8-27)20-24-16(11-30-20)15-9-17(29-26-15)19-13(21)3-2-4-14(19)22/h2-4,10-12,17-18,23,25H,5-9H2,1H3. The van der Waals surface area contributed by atoms with Crippen LogP contribution in [0.4, 0.5) is 8.78 Å². The van der Waals surface area contributed by atoms with Gasteiger partial charge in [0.1, 0.15) is 23.5 Å². The molecule has 2 atom stereocenters. The summed E-state index contributed by atoms with van der Waals surface area (Å²) < 4.78 is 28.0. The van der Waals surface area contributed by atoms with Gasteiger partial charge in [0.2, 0.25) is 0 Å². The van der Waals surface area contributed by atoms with Crippen molar-refractivity contribution < 1.29 is 18.4 Å². The monoisotopic (exact) mass is 435 g/mol. The summed E-state index contributed by atoms with van der Waals surface area (Å²) in [4.78, 5) is 23.4. The van der Waals surface area contributed by atoms with Gasteiger partial charge in [-0.3, -0.25) is 10.3 Å². The number of likely N-dealkylation sites (tertiary alicyclic amines) is 1. The number of nitrogens with zero attached hydrogens (tertiary/aromatic N) is 3. The fourth-order valence-corrected chi connectivity index (χ4v) is 4.89. The summed E-state index contributed by atoms with van der Waals surface area (Å²) in [5.41, 5.74) is 6.94. The molecule has 1 aromatic heterocycles. The first kappa shape index (κ1) is 21.0. The molecule has 0 amide bonds. The van der Waals surface area contributed by atoms with Crippen molar-refractivity contribution in [1.29, 1.82) is 0 Å². The lowest BCUT2D eigenvalue weighted by Gasteiger charge is -2.34. The molecule has 0 spiro atoms. The number of aldehydes is 1. The molecule has 0 saturated carbocycles. The normalized spacial score (nSPS) is 21.3. The lowest BCUT2D eigenvalue weighted by Crippen LogP contribution is -2.53. The van der Waals surface area contributed by atoms with Crippen LogP contribution in [0.3, 0.4) is 0 Å². The number of hydrogen-bond acceptors (Lipinski definition) is 8. The molecule has 2 aromatic rings. The summed E-state index contributed by atoms with van der Waals surface area (Å²) in [7, 11) is 1.74. The van der Waals surface area contributed by atoms with E-state index < -0.39 is 17.7 Å². The van der Waals surface area contributed by atoms with Crippen LogP contribution in [-0.4, -0.2) is 48.2 Å². The Morgan fingerprint density at radius 2 is 2.03 bits per heavy atom. The number of rotatable bonds is 7. The van der Waals surface area contributed by atoms with E-state index in [0.717, 1.165) is 37.2 Å². The van der Waals surface area contributed by atoms with E-state index in [9.17, 15) is 13.6 Å². The average molecular weight is 436 g/mol. The predicted octanol–water partition coefficient (Wildman–Crippen LogP) is 2.72. The van der Waals surface area contributed by atoms with Crippen molar-refractivity contribution in [3.8, 4) is 0 Å². The van der Waals surface area contributed by atoms with Gasteiger partial charge in [-0.1, -0.05) is 11.2 Å². The summed E-state index contributed by atoms with van der Waals surface area (Å²) in [5.74, 6) is -0.961. The summed E-state index contributed by atoms with van der Waals surface area (Å²) in [5, 5.41) is 6.97. The lowest BCUT2D eigenvalue weighted by atomic mass is 9.97. The van der Waals surface area contributed by atoms with Crippen molar-refractivity contribution in [2.24, 2.45) is 5.16 Å². The SMILES string of the molecule is CNNC(C=O)N1CCC(c2nc(C3=NOC(c4c(F)cccc4F)C3)cs2)CC1. The molecular weight excluding hydrogens is 412 g/mol. The lowest BCUT2D eigenvalue weighted by molar-refractivity contribution is -0.114. The van der Waals surface area contributed by atoms with E-state index in [4.69, 9.17) is 9.82 Å². The maximum atomic E-state index is 14.0. The zero-order valence-corrected chi connectivity index (χ0v) is 17.3. The molecule has 2 N–H and O–H groups in total. The van der Waals surface area contributed by atoms with Gasteiger partial charge in [0.15, 0.2) is 12.4 Å². The largest absolute Gasteiger partial charge is 0.387 e. The maximum Gasteiger partial charge on any atom is 0.164 e. The molecule has 160 valence electrons. The Kier molecular flexibility index (Phi) is 6.47. The summed E-state index contributed by atoms with van der Waals surface area (Å²) in [6.45, 7) is 1.58. The minimum absolute atomic E-state index is 0.0982. The molecule has 1 aromatic carbocycles. The van der Waals surface area contributed by atoms with Crippen LogP contribution in [0, 0.1) is 11.6 Å². The first-order chi connectivity index (χ1) is 14.6. The number of aromatic nitrogens is 1. The molecule has 2 unspecified atom stereocenters. The van der Waals surface area contributed by atoms with E-state index in [-0.39, 0.29) is 18.2 Å². The third-order valence-electron chi connectivity index (χ3n) is 5.50. The number of piperidine rings is 1. The molecule has 2 aliphatic rings. The average Bonchev–Trinajstić information content (AvgIpc) is 3.42. The minimum atomic E-state index is -0.783. The topological polar surface area (TPSA) is 78.9 Å². The van der Waals surface area contributed by atoms with Gasteiger partial charge >= 0.3 is 0 Å². The Bertz CT molecular complexity index is 909. The van der Waals surface area contributed by atoms with E-state index in [0.29, 0.717) is 17.3 Å². The number of carbonyl (C=O) groups excluding carboxylic acids is 1. The molecule has 0 aliphatic carbocycles. The van der Waals surface area contributed by atoms with Crippen molar-refractivity contribution in [1.82, 2.24) is 20.7 Å². The van der Waals surface area contributed by atoms with Crippen LogP contribution in [0.1, 0.15) is 47.5 Å². The van der Waals surface area contributed by atoms with E-state index in [1.165, 1.54) is 18.2 Å². The van der Waals surface area contributed by atoms with E-state index in [2.05, 4.69) is 20.9 Å². The number of oxime groups is 1. The van der Waals surface area contributed by atoms with Gasteiger partial charge in [0, 0.05) is 30.8 Å². The van der Waals surface area contributed by atoms with Crippen LogP contribution in [0.25, 0.3) is 0 Å². The summed E-state index contributed by atoms with van der Waals surface area (Å²) in [6, 6.07) is 3.76. The highest BCUT2D eigenvalue weighted by Gasteiger charge is 2.31. The van der Waals surface area contributed by atoms with Gasteiger partial charge in [0.05, 0.1) is 16.3 Å². The molecule has 2 aliphatic heterocycles. The van der Waals surface area contributed by atoms with Crippen LogP contribution in [0.15, 0.2) is 28.7 Å². The predicted molar refractivity (Wildman–Crippen MR) is 109 cm³/mol. The quantitative estimate of drug-likeness (QED) is 0.514. The second-order valence-corrected chi connectivity index (χ2v) is 8.22. The number of benzene rings is 1. The van der Waals surface area contributed by atoms with Crippen LogP contribution in [0.2, 0.25) is 0 Å². The fraction of sp³-hybridized carbons (Fsp3) is 0.450. The summed E-state index contributed by atoms with van der Waals surface area (Å²) in [6.07, 6.45) is 1.84. The minimum Gasteiger partial charge on any atom is -0.387 e. The van der Waals surface area contributed by atoms with E-state index >= 15 is 0 Å². The third-order valence-corrected chi connectivity index (χ3v) is 6.51. The van der Waals surface area contributed by atoms with Gasteiger partial charge < -0.3 is 9.63 Å². The van der Waals surface area contributed by atoms with Crippen molar-refractivity contribution in [3.05, 3.63) is 51.5 Å². The zero-order valence-electron chi connectivity index (χ0n) is 16.5. The first-order valence-electron chi connectivity index (χ1n) is 9.84. The van der Waals surface area contributed by atoms with Crippen LogP contribution >= 0.6 is 11.3 Å². The van der Waals surface area contributed by atoms with Crippen LogP contribution in [-0.2, 0) is 9.63 Å². The van der Waals surface area contributed by atoms with Crippen molar-refractivity contribution in [2.45, 2.75) is 37.5 Å². The number of nitrogens with one attached hydrogen (secondary N) is 2. The maximum absolute atomic E-state index is 14.0. The number of carbonyl (C=O) groups is 1. The van der Waals surface area contributed by atoms with Crippen molar-refractivity contribution >= 4 is 23.3 Å². The molecule has 0 radical (unpaired) electrons. The zero-order chi connectivity index (χ0) is 21.1. The molecule has 7 nitrogen and oxygen atoms in total. The third kappa shape index (κ3) is 4.27. The van der Waals surface area contributed by atoms with Crippen LogP contribution in [0.5, 0.6) is 0 Å². The molecule has 0 bridgehead atoms. The number of halogens is 2. The highest BCUT2D eigenvalue weighted by molar-refractivity contribution is 7.10. The van der Waals surface area contributed by atoms with Crippen LogP contribution < -0.4 is 10.9 Å². The van der Waals surface area contributed by atoms with Gasteiger partial charge in [-0.25, -0.2) is 19.2 Å². The number of thiazole rings is 1. The Hall–Kier alpha value is -2.27. The Morgan fingerprint density at radius 3 is 2.70 bits per heavy atom. The molecule has 1 saturated heterocycles. The Labute approximate surface area is 177 Å². The van der Waals surface area contributed by atoms with Gasteiger partial charge in [-0.05, 0) is 32.0 Å². The second-order valence-electron chi connectivity index (χ2n) is 7.33. The summed E-state index contributed by atoms with van der Waals surface area (Å²) >= 11 is 1.56. The van der Waals surface area contributed by atoms with E-state index in [1.54, 1.807) is 18.4 Å². The highest BCUT2D eigenvalue weighted by Crippen LogP contribution is 2.35. The van der Waals surface area contributed by atoms with E-state index in [1.807, 2.05) is 5.38 Å². The van der Waals surface area contributed by atoms with Crippen molar-refractivity contribution in [2.75, 3.05) is 20.1 Å². The number of hydrazine groups is 1. The second kappa shape index (κ2) is 9.25. The van der Waals surface area contributed by atoms with Gasteiger partial charge in [0.25, 0.3) is 0 Å². The molecule has 4 rings (SSSR count). The highest BCUT2D eigenvalue weighted by atomic mass is 32.1. The first-order valence-corrected chi connectivity index (χ1v) is 10.7. The van der Waals surface area contributed by atoms with Gasteiger partial charge in [-0.15, -0.1) is 11.3 Å². The van der Waals surface area contributed by atoms with Gasteiger partial charge in [-0.2, -0.15) is 0 Å². The Morgan fingerprint density at radius 1 is 1.30 bits per heavy atom. The molecule has 3 heterocycles. The molecule has 10 heteroatoms. The smallest absolute Gasteiger partial charge is 0.164 e. The Balaban J connectivity index is 1.38. The molecule has 30 heavy (non-hydrogen) atoms. The molecule has 1 fully saturated rings.